The minimum atomic E-state index is -0.465. The smallest absolute Gasteiger partial charge is 0.410 e. The summed E-state index contributed by atoms with van der Waals surface area (Å²) in [6.45, 7) is 17.1. The first-order valence-corrected chi connectivity index (χ1v) is 13.4. The number of carbonyl (C=O) groups excluding carboxylic acids is 1. The minimum absolute atomic E-state index is 0.212. The van der Waals surface area contributed by atoms with Crippen molar-refractivity contribution in [3.63, 3.8) is 0 Å². The van der Waals surface area contributed by atoms with Gasteiger partial charge in [-0.05, 0) is 77.0 Å². The Hall–Kier alpha value is -3.79. The van der Waals surface area contributed by atoms with Gasteiger partial charge in [-0.1, -0.05) is 41.6 Å². The van der Waals surface area contributed by atoms with Crippen LogP contribution >= 0.6 is 0 Å². The Morgan fingerprint density at radius 1 is 1.21 bits per heavy atom. The van der Waals surface area contributed by atoms with Crippen LogP contribution in [0.25, 0.3) is 21.9 Å². The van der Waals surface area contributed by atoms with E-state index < -0.39 is 5.60 Å². The Bertz CT molecular complexity index is 1320. The molecule has 38 heavy (non-hydrogen) atoms. The molecular weight excluding hydrogens is 476 g/mol. The standard InChI is InChI=1S/C31H38N4O3/c1-7-8-26-28(34(6)21-23-9-12-24(32-5)13-10-23)16-14-25-27(33-38-29(25)26)15-11-22-17-19-35(20-18-22)30(36)37-31(2,3)4/h7-10,12-14,16,22H,11,15,17-21H2,1-4,6H3. The first-order valence-electron chi connectivity index (χ1n) is 13.4. The lowest BCUT2D eigenvalue weighted by Crippen LogP contribution is -2.41. The number of likely N-dealkylation sites (tertiary alicyclic amines) is 1. The summed E-state index contributed by atoms with van der Waals surface area (Å²) in [5.74, 6) is 0.551. The van der Waals surface area contributed by atoms with Crippen LogP contribution < -0.4 is 4.90 Å². The second kappa shape index (κ2) is 11.7. The Labute approximate surface area is 225 Å². The van der Waals surface area contributed by atoms with Gasteiger partial charge in [-0.3, -0.25) is 0 Å². The van der Waals surface area contributed by atoms with Crippen molar-refractivity contribution in [3.05, 3.63) is 70.7 Å². The number of ether oxygens (including phenoxy) is 1. The summed E-state index contributed by atoms with van der Waals surface area (Å²) in [5, 5.41) is 5.53. The number of hydrogen-bond donors (Lipinski definition) is 0. The van der Waals surface area contributed by atoms with Crippen LogP contribution in [0.15, 0.2) is 47.0 Å². The predicted molar refractivity (Wildman–Crippen MR) is 152 cm³/mol. The van der Waals surface area contributed by atoms with Crippen molar-refractivity contribution in [2.75, 3.05) is 25.0 Å². The second-order valence-electron chi connectivity index (χ2n) is 11.1. The van der Waals surface area contributed by atoms with Gasteiger partial charge in [-0.15, -0.1) is 0 Å². The molecule has 200 valence electrons. The highest BCUT2D eigenvalue weighted by Gasteiger charge is 2.27. The Morgan fingerprint density at radius 3 is 2.55 bits per heavy atom. The lowest BCUT2D eigenvalue weighted by atomic mass is 9.91. The SMILES string of the molecule is [C-]#[N+]c1ccc(CN(C)c2ccc3c(CCC4CCN(C(=O)OC(C)(C)C)CC4)noc3c2C=CC)cc1. The molecule has 0 unspecified atom stereocenters. The number of allylic oxidation sites excluding steroid dienone is 1. The van der Waals surface area contributed by atoms with Gasteiger partial charge >= 0.3 is 6.09 Å². The number of rotatable bonds is 7. The van der Waals surface area contributed by atoms with Gasteiger partial charge in [0.15, 0.2) is 11.3 Å². The minimum Gasteiger partial charge on any atom is -0.444 e. The monoisotopic (exact) mass is 514 g/mol. The lowest BCUT2D eigenvalue weighted by molar-refractivity contribution is 0.0181. The van der Waals surface area contributed by atoms with Crippen molar-refractivity contribution < 1.29 is 14.1 Å². The number of nitrogens with zero attached hydrogens (tertiary/aromatic N) is 4. The normalized spacial score (nSPS) is 14.7. The molecule has 7 heteroatoms. The number of aromatic nitrogens is 1. The van der Waals surface area contributed by atoms with Gasteiger partial charge in [0, 0.05) is 43.3 Å². The molecule has 1 aliphatic heterocycles. The number of hydrogen-bond acceptors (Lipinski definition) is 5. The maximum absolute atomic E-state index is 12.4. The molecule has 0 radical (unpaired) electrons. The van der Waals surface area contributed by atoms with Crippen LogP contribution in [0.5, 0.6) is 0 Å². The van der Waals surface area contributed by atoms with Crippen molar-refractivity contribution >= 4 is 34.5 Å². The molecule has 1 amide bonds. The van der Waals surface area contributed by atoms with Crippen LogP contribution in [0, 0.1) is 12.5 Å². The van der Waals surface area contributed by atoms with Crippen LogP contribution in [-0.4, -0.2) is 41.9 Å². The molecule has 0 aliphatic carbocycles. The molecule has 4 rings (SSSR count). The van der Waals surface area contributed by atoms with E-state index in [9.17, 15) is 4.79 Å². The van der Waals surface area contributed by atoms with E-state index in [0.717, 1.165) is 78.8 Å². The molecule has 0 N–H and O–H groups in total. The third-order valence-electron chi connectivity index (χ3n) is 7.02. The van der Waals surface area contributed by atoms with E-state index in [1.165, 1.54) is 0 Å². The molecule has 3 aromatic rings. The molecule has 0 spiro atoms. The number of amides is 1. The van der Waals surface area contributed by atoms with Gasteiger partial charge in [0.05, 0.1) is 12.3 Å². The fourth-order valence-corrected chi connectivity index (χ4v) is 5.01. The first kappa shape index (κ1) is 27.3. The summed E-state index contributed by atoms with van der Waals surface area (Å²) in [4.78, 5) is 19.9. The summed E-state index contributed by atoms with van der Waals surface area (Å²) < 4.78 is 11.4. The summed E-state index contributed by atoms with van der Waals surface area (Å²) in [6.07, 6.45) is 7.72. The van der Waals surface area contributed by atoms with E-state index in [-0.39, 0.29) is 6.09 Å². The highest BCUT2D eigenvalue weighted by molar-refractivity contribution is 5.93. The topological polar surface area (TPSA) is 63.2 Å². The highest BCUT2D eigenvalue weighted by atomic mass is 16.6. The van der Waals surface area contributed by atoms with Crippen molar-refractivity contribution in [2.24, 2.45) is 5.92 Å². The molecule has 1 fully saturated rings. The Kier molecular flexibility index (Phi) is 8.41. The largest absolute Gasteiger partial charge is 0.444 e. The van der Waals surface area contributed by atoms with Gasteiger partial charge in [-0.25, -0.2) is 9.64 Å². The van der Waals surface area contributed by atoms with Crippen LogP contribution in [0.2, 0.25) is 0 Å². The number of aryl methyl sites for hydroxylation is 1. The third kappa shape index (κ3) is 6.55. The van der Waals surface area contributed by atoms with Crippen LogP contribution in [0.4, 0.5) is 16.2 Å². The van der Waals surface area contributed by atoms with Crippen LogP contribution in [-0.2, 0) is 17.7 Å². The molecule has 2 aromatic carbocycles. The summed E-state index contributed by atoms with van der Waals surface area (Å²) in [5.41, 5.74) is 5.22. The van der Waals surface area contributed by atoms with Crippen LogP contribution in [0.1, 0.15) is 63.8 Å². The van der Waals surface area contributed by atoms with Gasteiger partial charge in [0.25, 0.3) is 0 Å². The van der Waals surface area contributed by atoms with E-state index in [0.29, 0.717) is 11.6 Å². The summed E-state index contributed by atoms with van der Waals surface area (Å²) in [6, 6.07) is 12.0. The zero-order valence-corrected chi connectivity index (χ0v) is 23.2. The fourth-order valence-electron chi connectivity index (χ4n) is 5.01. The molecule has 0 atom stereocenters. The zero-order valence-electron chi connectivity index (χ0n) is 23.2. The summed E-state index contributed by atoms with van der Waals surface area (Å²) in [7, 11) is 2.07. The summed E-state index contributed by atoms with van der Waals surface area (Å²) >= 11 is 0. The number of anilines is 1. The molecule has 2 heterocycles. The van der Waals surface area contributed by atoms with Crippen LogP contribution in [0.3, 0.4) is 0 Å². The average Bonchev–Trinajstić information content (AvgIpc) is 3.31. The molecule has 1 aliphatic rings. The van der Waals surface area contributed by atoms with E-state index in [4.69, 9.17) is 15.8 Å². The van der Waals surface area contributed by atoms with E-state index in [2.05, 4.69) is 40.2 Å². The van der Waals surface area contributed by atoms with E-state index >= 15 is 0 Å². The lowest BCUT2D eigenvalue weighted by Gasteiger charge is -2.33. The number of carbonyl (C=O) groups is 1. The fraction of sp³-hybridized carbons (Fsp3) is 0.452. The van der Waals surface area contributed by atoms with Gasteiger partial charge < -0.3 is 19.1 Å². The number of piperidine rings is 1. The van der Waals surface area contributed by atoms with Gasteiger partial charge in [-0.2, -0.15) is 0 Å². The van der Waals surface area contributed by atoms with Gasteiger partial charge in [0.1, 0.15) is 5.60 Å². The molecule has 7 nitrogen and oxygen atoms in total. The molecular formula is C31H38N4O3. The quantitative estimate of drug-likeness (QED) is 0.303. The molecule has 1 saturated heterocycles. The van der Waals surface area contributed by atoms with Crippen molar-refractivity contribution in [2.45, 2.75) is 65.5 Å². The Balaban J connectivity index is 1.42. The maximum Gasteiger partial charge on any atom is 0.410 e. The molecule has 0 saturated carbocycles. The van der Waals surface area contributed by atoms with E-state index in [1.807, 2.05) is 62.9 Å². The molecule has 1 aromatic heterocycles. The number of benzene rings is 2. The zero-order chi connectivity index (χ0) is 27.3. The van der Waals surface area contributed by atoms with Crippen molar-refractivity contribution in [3.8, 4) is 0 Å². The van der Waals surface area contributed by atoms with E-state index in [1.54, 1.807) is 0 Å². The van der Waals surface area contributed by atoms with Crippen molar-refractivity contribution in [1.82, 2.24) is 10.1 Å². The highest BCUT2D eigenvalue weighted by Crippen LogP contribution is 2.34. The molecule has 0 bridgehead atoms. The van der Waals surface area contributed by atoms with Crippen molar-refractivity contribution in [1.29, 1.82) is 0 Å². The number of fused-ring (bicyclic) bond motifs is 1. The third-order valence-corrected chi connectivity index (χ3v) is 7.02. The first-order chi connectivity index (χ1) is 18.2. The Morgan fingerprint density at radius 2 is 1.92 bits per heavy atom. The van der Waals surface area contributed by atoms with Gasteiger partial charge in [0.2, 0.25) is 0 Å². The average molecular weight is 515 g/mol. The second-order valence-corrected chi connectivity index (χ2v) is 11.1. The maximum atomic E-state index is 12.4. The predicted octanol–water partition coefficient (Wildman–Crippen LogP) is 7.63.